The topological polar surface area (TPSA) is 43.4 Å². The number of carbonyl (C=O) groups excluding carboxylic acids is 2. The van der Waals surface area contributed by atoms with Gasteiger partial charge in [0.15, 0.2) is 0 Å². The molecule has 9 heavy (non-hydrogen) atoms. The van der Waals surface area contributed by atoms with Crippen LogP contribution in [0.1, 0.15) is 13.8 Å². The van der Waals surface area contributed by atoms with E-state index in [-0.39, 0.29) is 103 Å². The van der Waals surface area contributed by atoms with Gasteiger partial charge in [0.1, 0.15) is 0 Å². The van der Waals surface area contributed by atoms with Crippen molar-refractivity contribution in [3.05, 3.63) is 0 Å². The molecule has 0 saturated heterocycles. The maximum atomic E-state index is 9.81. The zero-order chi connectivity index (χ0) is 5.86. The Balaban J connectivity index is -0.000000180. The zero-order valence-corrected chi connectivity index (χ0v) is 4.22. The van der Waals surface area contributed by atoms with Crippen LogP contribution in [0.2, 0.25) is 0 Å². The van der Waals surface area contributed by atoms with E-state index < -0.39 is 11.9 Å². The molecule has 0 aliphatic rings. The molecule has 0 saturated carbocycles. The van der Waals surface area contributed by atoms with Gasteiger partial charge in [-0.05, 0) is 0 Å². The van der Waals surface area contributed by atoms with Crippen molar-refractivity contribution in [1.82, 2.24) is 0 Å². The van der Waals surface area contributed by atoms with Crippen LogP contribution in [0.15, 0.2) is 0 Å². The van der Waals surface area contributed by atoms with Crippen molar-refractivity contribution < 1.29 is 14.3 Å². The van der Waals surface area contributed by atoms with Gasteiger partial charge in [-0.15, -0.1) is 0 Å². The Kier molecular flexibility index (Phi) is 20.2. The summed E-state index contributed by atoms with van der Waals surface area (Å²) in [7, 11) is 0. The van der Waals surface area contributed by atoms with E-state index in [4.69, 9.17) is 0 Å². The van der Waals surface area contributed by atoms with Crippen molar-refractivity contribution in [1.29, 1.82) is 0 Å². The summed E-state index contributed by atoms with van der Waals surface area (Å²) in [4.78, 5) is 19.6. The summed E-state index contributed by atoms with van der Waals surface area (Å²) in [6.07, 6.45) is 0. The molecule has 0 heterocycles. The fourth-order valence-electron chi connectivity index (χ4n) is 0.202. The van der Waals surface area contributed by atoms with Gasteiger partial charge in [0.2, 0.25) is 0 Å². The van der Waals surface area contributed by atoms with Gasteiger partial charge in [-0.3, -0.25) is 9.59 Å². The van der Waals surface area contributed by atoms with Crippen LogP contribution in [-0.2, 0) is 14.3 Å². The summed E-state index contributed by atoms with van der Waals surface area (Å²) in [5, 5.41) is 0. The van der Waals surface area contributed by atoms with Crippen LogP contribution < -0.4 is 0 Å². The van der Waals surface area contributed by atoms with Gasteiger partial charge < -0.3 is 4.74 Å². The van der Waals surface area contributed by atoms with Gasteiger partial charge in [-0.1, -0.05) is 0 Å². The fourth-order valence-corrected chi connectivity index (χ4v) is 0.202. The second-order valence-corrected chi connectivity index (χ2v) is 1.09. The van der Waals surface area contributed by atoms with E-state index in [0.717, 1.165) is 0 Å². The molecule has 0 N–H and O–H groups in total. The molecule has 0 radical (unpaired) electrons. The number of rotatable bonds is 0. The van der Waals surface area contributed by atoms with Crippen LogP contribution in [0.25, 0.3) is 0 Å². The van der Waals surface area contributed by atoms with E-state index in [9.17, 15) is 9.59 Å². The van der Waals surface area contributed by atoms with Crippen LogP contribution in [0.5, 0.6) is 0 Å². The van der Waals surface area contributed by atoms with E-state index in [2.05, 4.69) is 4.74 Å². The summed E-state index contributed by atoms with van der Waals surface area (Å²) in [5.41, 5.74) is 0. The van der Waals surface area contributed by atoms with E-state index in [1.165, 1.54) is 13.8 Å². The van der Waals surface area contributed by atoms with Gasteiger partial charge in [-0.2, -0.15) is 0 Å². The SMILES string of the molecule is CC(=O)OC(C)=O.[KH].[KH]. The predicted molar refractivity (Wildman–Crippen MR) is 36.7 cm³/mol. The van der Waals surface area contributed by atoms with Crippen molar-refractivity contribution >= 4 is 115 Å². The van der Waals surface area contributed by atoms with Crippen molar-refractivity contribution in [3.8, 4) is 0 Å². The first kappa shape index (κ1) is 17.5. The molecule has 0 atom stereocenters. The quantitative estimate of drug-likeness (QED) is 0.268. The standard InChI is InChI=1S/C4H6O3.2K.2H/c1-3(5)7-4(2)6;;;;/h1-2H3;;;;. The van der Waals surface area contributed by atoms with Crippen molar-refractivity contribution in [2.24, 2.45) is 0 Å². The molecule has 0 spiro atoms. The molecule has 0 aliphatic carbocycles. The Morgan fingerprint density at radius 2 is 1.22 bits per heavy atom. The molecule has 3 nitrogen and oxygen atoms in total. The first-order valence-electron chi connectivity index (χ1n) is 1.82. The monoisotopic (exact) mass is 182 g/mol. The van der Waals surface area contributed by atoms with Crippen LogP contribution in [-0.4, -0.2) is 115 Å². The third-order valence-corrected chi connectivity index (χ3v) is 0.287. The summed E-state index contributed by atoms with van der Waals surface area (Å²) < 4.78 is 3.97. The van der Waals surface area contributed by atoms with Gasteiger partial charge in [-0.25, -0.2) is 0 Å². The average molecular weight is 182 g/mol. The van der Waals surface area contributed by atoms with Gasteiger partial charge in [0, 0.05) is 13.8 Å². The summed E-state index contributed by atoms with van der Waals surface area (Å²) in [6, 6.07) is 0. The Labute approximate surface area is 139 Å². The van der Waals surface area contributed by atoms with Gasteiger partial charge in [0.25, 0.3) is 0 Å². The fraction of sp³-hybridized carbons (Fsp3) is 0.500. The minimum atomic E-state index is -0.562. The van der Waals surface area contributed by atoms with Crippen LogP contribution in [0.3, 0.4) is 0 Å². The summed E-state index contributed by atoms with van der Waals surface area (Å²) in [6.45, 7) is 2.36. The Morgan fingerprint density at radius 1 is 1.00 bits per heavy atom. The first-order valence-corrected chi connectivity index (χ1v) is 1.82. The van der Waals surface area contributed by atoms with E-state index in [1.807, 2.05) is 0 Å². The number of hydrogen-bond donors (Lipinski definition) is 0. The second-order valence-electron chi connectivity index (χ2n) is 1.09. The number of esters is 2. The summed E-state index contributed by atoms with van der Waals surface area (Å²) >= 11 is 0. The van der Waals surface area contributed by atoms with E-state index in [0.29, 0.717) is 0 Å². The van der Waals surface area contributed by atoms with Crippen molar-refractivity contribution in [3.63, 3.8) is 0 Å². The minimum absolute atomic E-state index is 0. The maximum absolute atomic E-state index is 9.81. The number of ether oxygens (including phenoxy) is 1. The molecule has 0 rings (SSSR count). The average Bonchev–Trinajstić information content (AvgIpc) is 1.27. The second kappa shape index (κ2) is 10.4. The molecule has 0 aromatic heterocycles. The zero-order valence-electron chi connectivity index (χ0n) is 4.22. The Bertz CT molecular complexity index is 90.0. The molecule has 0 aliphatic heterocycles. The Morgan fingerprint density at radius 3 is 1.22 bits per heavy atom. The van der Waals surface area contributed by atoms with Crippen LogP contribution in [0, 0.1) is 0 Å². The van der Waals surface area contributed by atoms with Crippen LogP contribution >= 0.6 is 0 Å². The van der Waals surface area contributed by atoms with Crippen LogP contribution in [0.4, 0.5) is 0 Å². The Hall–Kier alpha value is 2.41. The third kappa shape index (κ3) is 17.9. The third-order valence-electron chi connectivity index (χ3n) is 0.287. The van der Waals surface area contributed by atoms with Gasteiger partial charge in [0.05, 0.1) is 0 Å². The molecule has 0 bridgehead atoms. The molecule has 0 aromatic carbocycles. The molecule has 0 unspecified atom stereocenters. The molecule has 44 valence electrons. The number of hydrogen-bond acceptors (Lipinski definition) is 3. The molecule has 5 heteroatoms. The van der Waals surface area contributed by atoms with Gasteiger partial charge >= 0.3 is 115 Å². The normalized spacial score (nSPS) is 6.00. The molecular formula is C4H8K2O3. The molecule has 0 amide bonds. The molecular weight excluding hydrogens is 174 g/mol. The molecule has 0 fully saturated rings. The van der Waals surface area contributed by atoms with E-state index >= 15 is 0 Å². The summed E-state index contributed by atoms with van der Waals surface area (Å²) in [5.74, 6) is -1.12. The van der Waals surface area contributed by atoms with E-state index in [1.54, 1.807) is 0 Å². The molecule has 0 aromatic rings. The number of carbonyl (C=O) groups is 2. The predicted octanol–water partition coefficient (Wildman–Crippen LogP) is -1.20. The van der Waals surface area contributed by atoms with Crippen molar-refractivity contribution in [2.45, 2.75) is 13.8 Å². The van der Waals surface area contributed by atoms with Crippen molar-refractivity contribution in [2.75, 3.05) is 0 Å². The first-order chi connectivity index (χ1) is 3.13.